The van der Waals surface area contributed by atoms with Gasteiger partial charge in [-0.3, -0.25) is 4.79 Å². The Labute approximate surface area is 121 Å². The van der Waals surface area contributed by atoms with Gasteiger partial charge in [-0.15, -0.1) is 0 Å². The van der Waals surface area contributed by atoms with Crippen LogP contribution in [0.3, 0.4) is 0 Å². The van der Waals surface area contributed by atoms with Crippen LogP contribution in [0.15, 0.2) is 17.0 Å². The molecule has 0 aromatic heterocycles. The standard InChI is InChI=1S/C12H17F2N3O3S/c1-3-6-16-12(18)7(2)17-21(19,20)9-5-4-8(13)11(15)10(9)14/h4-5,7,17H,3,6,15H2,1-2H3,(H,16,18). The highest BCUT2D eigenvalue weighted by molar-refractivity contribution is 7.89. The highest BCUT2D eigenvalue weighted by atomic mass is 32.2. The van der Waals surface area contributed by atoms with Gasteiger partial charge in [-0.1, -0.05) is 6.92 Å². The molecule has 0 saturated carbocycles. The van der Waals surface area contributed by atoms with Crippen molar-refractivity contribution < 1.29 is 22.0 Å². The molecular weight excluding hydrogens is 304 g/mol. The van der Waals surface area contributed by atoms with Crippen LogP contribution in [-0.4, -0.2) is 26.9 Å². The lowest BCUT2D eigenvalue weighted by Crippen LogP contribution is -2.45. The van der Waals surface area contributed by atoms with Gasteiger partial charge in [0.1, 0.15) is 16.4 Å². The Morgan fingerprint density at radius 1 is 1.38 bits per heavy atom. The van der Waals surface area contributed by atoms with Gasteiger partial charge in [0.25, 0.3) is 0 Å². The molecule has 1 atom stereocenters. The van der Waals surface area contributed by atoms with E-state index in [4.69, 9.17) is 5.73 Å². The van der Waals surface area contributed by atoms with Crippen LogP contribution in [0.25, 0.3) is 0 Å². The summed E-state index contributed by atoms with van der Waals surface area (Å²) in [7, 11) is -4.33. The Balaban J connectivity index is 2.97. The molecule has 0 fully saturated rings. The number of rotatable bonds is 6. The van der Waals surface area contributed by atoms with E-state index in [-0.39, 0.29) is 0 Å². The monoisotopic (exact) mass is 321 g/mol. The molecule has 1 rings (SSSR count). The summed E-state index contributed by atoms with van der Waals surface area (Å²) in [6.45, 7) is 3.54. The number of hydrogen-bond acceptors (Lipinski definition) is 4. The van der Waals surface area contributed by atoms with Gasteiger partial charge >= 0.3 is 0 Å². The van der Waals surface area contributed by atoms with Crippen LogP contribution < -0.4 is 15.8 Å². The summed E-state index contributed by atoms with van der Waals surface area (Å²) in [5.41, 5.74) is 4.23. The number of carbonyl (C=O) groups is 1. The van der Waals surface area contributed by atoms with Crippen molar-refractivity contribution in [3.63, 3.8) is 0 Å². The zero-order valence-corrected chi connectivity index (χ0v) is 12.4. The number of sulfonamides is 1. The van der Waals surface area contributed by atoms with E-state index < -0.39 is 44.2 Å². The van der Waals surface area contributed by atoms with Crippen molar-refractivity contribution in [3.8, 4) is 0 Å². The minimum absolute atomic E-state index is 0.392. The molecule has 0 aliphatic carbocycles. The Bertz CT molecular complexity index is 635. The highest BCUT2D eigenvalue weighted by Crippen LogP contribution is 2.22. The molecule has 0 saturated heterocycles. The van der Waals surface area contributed by atoms with E-state index in [1.165, 1.54) is 6.92 Å². The highest BCUT2D eigenvalue weighted by Gasteiger charge is 2.26. The molecule has 0 heterocycles. The molecule has 4 N–H and O–H groups in total. The minimum atomic E-state index is -4.33. The predicted octanol–water partition coefficient (Wildman–Crippen LogP) is 0.740. The molecule has 1 aromatic rings. The Kier molecular flexibility index (Phi) is 5.62. The molecule has 0 radical (unpaired) electrons. The molecule has 118 valence electrons. The van der Waals surface area contributed by atoms with Crippen molar-refractivity contribution in [2.45, 2.75) is 31.2 Å². The second kappa shape index (κ2) is 6.81. The first-order valence-corrected chi connectivity index (χ1v) is 7.72. The molecular formula is C12H17F2N3O3S. The van der Waals surface area contributed by atoms with Crippen molar-refractivity contribution >= 4 is 21.6 Å². The zero-order valence-electron chi connectivity index (χ0n) is 11.6. The second-order valence-corrected chi connectivity index (χ2v) is 6.09. The fraction of sp³-hybridized carbons (Fsp3) is 0.417. The average molecular weight is 321 g/mol. The Morgan fingerprint density at radius 2 is 2.00 bits per heavy atom. The molecule has 0 bridgehead atoms. The summed E-state index contributed by atoms with van der Waals surface area (Å²) in [4.78, 5) is 10.8. The Morgan fingerprint density at radius 3 is 2.57 bits per heavy atom. The smallest absolute Gasteiger partial charge is 0.244 e. The van der Waals surface area contributed by atoms with Gasteiger partial charge < -0.3 is 11.1 Å². The SMILES string of the molecule is CCCNC(=O)C(C)NS(=O)(=O)c1ccc(F)c(N)c1F. The molecule has 9 heteroatoms. The van der Waals surface area contributed by atoms with Crippen LogP contribution in [0.5, 0.6) is 0 Å². The van der Waals surface area contributed by atoms with Gasteiger partial charge in [-0.2, -0.15) is 4.72 Å². The van der Waals surface area contributed by atoms with E-state index in [9.17, 15) is 22.0 Å². The number of nitrogens with two attached hydrogens (primary N) is 1. The van der Waals surface area contributed by atoms with Gasteiger partial charge in [0.05, 0.1) is 6.04 Å². The van der Waals surface area contributed by atoms with Crippen LogP contribution in [0.4, 0.5) is 14.5 Å². The number of anilines is 1. The van der Waals surface area contributed by atoms with Gasteiger partial charge in [-0.25, -0.2) is 17.2 Å². The topological polar surface area (TPSA) is 101 Å². The van der Waals surface area contributed by atoms with Crippen LogP contribution in [-0.2, 0) is 14.8 Å². The van der Waals surface area contributed by atoms with Crippen molar-refractivity contribution in [1.29, 1.82) is 0 Å². The summed E-state index contributed by atoms with van der Waals surface area (Å²) in [6, 6.07) is 0.390. The molecule has 0 spiro atoms. The van der Waals surface area contributed by atoms with Crippen LogP contribution >= 0.6 is 0 Å². The lowest BCUT2D eigenvalue weighted by molar-refractivity contribution is -0.122. The summed E-state index contributed by atoms with van der Waals surface area (Å²) in [5.74, 6) is -2.99. The average Bonchev–Trinajstić information content (AvgIpc) is 2.41. The summed E-state index contributed by atoms with van der Waals surface area (Å²) < 4.78 is 52.8. The number of nitrogen functional groups attached to an aromatic ring is 1. The summed E-state index contributed by atoms with van der Waals surface area (Å²) in [6.07, 6.45) is 0.689. The number of hydrogen-bond donors (Lipinski definition) is 3. The first-order chi connectivity index (χ1) is 9.70. The minimum Gasteiger partial charge on any atom is -0.394 e. The predicted molar refractivity (Wildman–Crippen MR) is 73.9 cm³/mol. The molecule has 0 aliphatic heterocycles. The van der Waals surface area contributed by atoms with Crippen LogP contribution in [0.1, 0.15) is 20.3 Å². The number of carbonyl (C=O) groups excluding carboxylic acids is 1. The Hall–Kier alpha value is -1.74. The largest absolute Gasteiger partial charge is 0.394 e. The van der Waals surface area contributed by atoms with Crippen molar-refractivity contribution in [1.82, 2.24) is 10.0 Å². The molecule has 1 unspecified atom stereocenters. The van der Waals surface area contributed by atoms with E-state index in [1.54, 1.807) is 0 Å². The van der Waals surface area contributed by atoms with Crippen molar-refractivity contribution in [2.75, 3.05) is 12.3 Å². The summed E-state index contributed by atoms with van der Waals surface area (Å²) >= 11 is 0. The normalized spacial score (nSPS) is 13.0. The molecule has 21 heavy (non-hydrogen) atoms. The lowest BCUT2D eigenvalue weighted by Gasteiger charge is -2.15. The molecule has 1 amide bonds. The third-order valence-corrected chi connectivity index (χ3v) is 4.21. The maximum atomic E-state index is 13.7. The van der Waals surface area contributed by atoms with Gasteiger partial charge in [0.15, 0.2) is 5.82 Å². The van der Waals surface area contributed by atoms with Gasteiger partial charge in [0, 0.05) is 6.54 Å². The number of amides is 1. The molecule has 1 aromatic carbocycles. The fourth-order valence-corrected chi connectivity index (χ4v) is 2.80. The van der Waals surface area contributed by atoms with Crippen LogP contribution in [0, 0.1) is 11.6 Å². The van der Waals surface area contributed by atoms with E-state index in [2.05, 4.69) is 5.32 Å². The fourth-order valence-electron chi connectivity index (χ4n) is 1.51. The number of benzene rings is 1. The summed E-state index contributed by atoms with van der Waals surface area (Å²) in [5, 5.41) is 2.50. The third kappa shape index (κ3) is 4.11. The third-order valence-electron chi connectivity index (χ3n) is 2.66. The van der Waals surface area contributed by atoms with E-state index >= 15 is 0 Å². The van der Waals surface area contributed by atoms with E-state index in [1.807, 2.05) is 11.6 Å². The molecule has 0 aliphatic rings. The quantitative estimate of drug-likeness (QED) is 0.673. The van der Waals surface area contributed by atoms with Crippen molar-refractivity contribution in [2.24, 2.45) is 0 Å². The van der Waals surface area contributed by atoms with Gasteiger partial charge in [0.2, 0.25) is 15.9 Å². The number of nitrogens with one attached hydrogen (secondary N) is 2. The van der Waals surface area contributed by atoms with E-state index in [0.29, 0.717) is 13.0 Å². The first kappa shape index (κ1) is 17.3. The van der Waals surface area contributed by atoms with Gasteiger partial charge in [-0.05, 0) is 25.5 Å². The van der Waals surface area contributed by atoms with E-state index in [0.717, 1.165) is 12.1 Å². The van der Waals surface area contributed by atoms with Crippen molar-refractivity contribution in [3.05, 3.63) is 23.8 Å². The lowest BCUT2D eigenvalue weighted by atomic mass is 10.3. The maximum absolute atomic E-state index is 13.7. The number of halogens is 2. The zero-order chi connectivity index (χ0) is 16.2. The van der Waals surface area contributed by atoms with Crippen LogP contribution in [0.2, 0.25) is 0 Å². The maximum Gasteiger partial charge on any atom is 0.244 e. The first-order valence-electron chi connectivity index (χ1n) is 6.24. The molecule has 6 nitrogen and oxygen atoms in total. The second-order valence-electron chi connectivity index (χ2n) is 4.41.